The normalized spacial score (nSPS) is 14.0. The van der Waals surface area contributed by atoms with Gasteiger partial charge in [0.05, 0.1) is 18.4 Å². The fourth-order valence-corrected chi connectivity index (χ4v) is 3.89. The molecule has 3 aromatic rings. The van der Waals surface area contributed by atoms with Crippen LogP contribution in [0.1, 0.15) is 10.4 Å². The standard InChI is InChI=1S/C22H21BrN4O2/c1-29-20-9-5-3-7-17(20)19-10-11-21(25-24-19)26-12-14-27(15-13-26)22(28)16-6-2-4-8-18(16)23/h2-11H,12-15H2,1H3. The molecule has 1 fully saturated rings. The van der Waals surface area contributed by atoms with Crippen LogP contribution in [-0.4, -0.2) is 54.3 Å². The van der Waals surface area contributed by atoms with Gasteiger partial charge >= 0.3 is 0 Å². The van der Waals surface area contributed by atoms with Crippen molar-refractivity contribution >= 4 is 27.7 Å². The van der Waals surface area contributed by atoms with E-state index in [1.165, 1.54) is 0 Å². The van der Waals surface area contributed by atoms with Crippen molar-refractivity contribution in [1.29, 1.82) is 0 Å². The first-order chi connectivity index (χ1) is 14.2. The SMILES string of the molecule is COc1ccccc1-c1ccc(N2CCN(C(=O)c3ccccc3Br)CC2)nn1. The lowest BCUT2D eigenvalue weighted by Gasteiger charge is -2.35. The smallest absolute Gasteiger partial charge is 0.255 e. The second-order valence-corrected chi connectivity index (χ2v) is 7.59. The Labute approximate surface area is 178 Å². The number of benzene rings is 2. The van der Waals surface area contributed by atoms with Crippen LogP contribution in [0.3, 0.4) is 0 Å². The van der Waals surface area contributed by atoms with E-state index in [0.717, 1.165) is 40.4 Å². The van der Waals surface area contributed by atoms with E-state index in [2.05, 4.69) is 31.0 Å². The van der Waals surface area contributed by atoms with Gasteiger partial charge in [-0.25, -0.2) is 0 Å². The Bertz CT molecular complexity index is 1000. The van der Waals surface area contributed by atoms with Crippen molar-refractivity contribution < 1.29 is 9.53 Å². The summed E-state index contributed by atoms with van der Waals surface area (Å²) < 4.78 is 6.23. The highest BCUT2D eigenvalue weighted by molar-refractivity contribution is 9.10. The van der Waals surface area contributed by atoms with Crippen LogP contribution in [0.5, 0.6) is 5.75 Å². The highest BCUT2D eigenvalue weighted by Crippen LogP contribution is 2.28. The Kier molecular flexibility index (Phi) is 5.76. The number of anilines is 1. The molecule has 0 spiro atoms. The van der Waals surface area contributed by atoms with Crippen molar-refractivity contribution in [3.05, 3.63) is 70.7 Å². The van der Waals surface area contributed by atoms with Gasteiger partial charge in [-0.3, -0.25) is 4.79 Å². The first-order valence-electron chi connectivity index (χ1n) is 9.43. The number of carbonyl (C=O) groups is 1. The van der Waals surface area contributed by atoms with Crippen molar-refractivity contribution in [2.75, 3.05) is 38.2 Å². The summed E-state index contributed by atoms with van der Waals surface area (Å²) in [6, 6.07) is 19.2. The molecule has 0 unspecified atom stereocenters. The molecule has 1 aliphatic heterocycles. The van der Waals surface area contributed by atoms with E-state index < -0.39 is 0 Å². The zero-order valence-electron chi connectivity index (χ0n) is 16.1. The predicted octanol–water partition coefficient (Wildman–Crippen LogP) is 3.88. The number of halogens is 1. The molecule has 0 aliphatic carbocycles. The van der Waals surface area contributed by atoms with Gasteiger partial charge in [0.25, 0.3) is 5.91 Å². The summed E-state index contributed by atoms with van der Waals surface area (Å²) in [7, 11) is 1.65. The Morgan fingerprint density at radius 1 is 0.931 bits per heavy atom. The Balaban J connectivity index is 1.43. The largest absolute Gasteiger partial charge is 0.496 e. The molecule has 0 saturated carbocycles. The lowest BCUT2D eigenvalue weighted by Crippen LogP contribution is -2.49. The highest BCUT2D eigenvalue weighted by atomic mass is 79.9. The van der Waals surface area contributed by atoms with Crippen LogP contribution in [0.4, 0.5) is 5.82 Å². The number of nitrogens with zero attached hydrogens (tertiary/aromatic N) is 4. The van der Waals surface area contributed by atoms with Gasteiger partial charge in [0.1, 0.15) is 5.75 Å². The summed E-state index contributed by atoms with van der Waals surface area (Å²) in [6.45, 7) is 2.74. The number of ether oxygens (including phenoxy) is 1. The van der Waals surface area contributed by atoms with Crippen molar-refractivity contribution in [3.8, 4) is 17.0 Å². The first-order valence-corrected chi connectivity index (χ1v) is 10.2. The fraction of sp³-hybridized carbons (Fsp3) is 0.227. The molecule has 1 aromatic heterocycles. The maximum atomic E-state index is 12.8. The molecule has 2 aromatic carbocycles. The van der Waals surface area contributed by atoms with E-state index in [0.29, 0.717) is 18.7 Å². The van der Waals surface area contributed by atoms with Crippen molar-refractivity contribution in [2.24, 2.45) is 0 Å². The summed E-state index contributed by atoms with van der Waals surface area (Å²) in [6.07, 6.45) is 0. The summed E-state index contributed by atoms with van der Waals surface area (Å²) in [5, 5.41) is 8.79. The molecule has 1 amide bonds. The topological polar surface area (TPSA) is 58.6 Å². The van der Waals surface area contributed by atoms with Crippen molar-refractivity contribution in [2.45, 2.75) is 0 Å². The molecule has 148 valence electrons. The van der Waals surface area contributed by atoms with Gasteiger partial charge < -0.3 is 14.5 Å². The van der Waals surface area contributed by atoms with Crippen molar-refractivity contribution in [1.82, 2.24) is 15.1 Å². The Morgan fingerprint density at radius 3 is 2.34 bits per heavy atom. The number of hydrogen-bond acceptors (Lipinski definition) is 5. The second-order valence-electron chi connectivity index (χ2n) is 6.74. The molecule has 29 heavy (non-hydrogen) atoms. The highest BCUT2D eigenvalue weighted by Gasteiger charge is 2.24. The lowest BCUT2D eigenvalue weighted by atomic mass is 10.1. The summed E-state index contributed by atoms with van der Waals surface area (Å²) >= 11 is 3.46. The van der Waals surface area contributed by atoms with Crippen LogP contribution in [-0.2, 0) is 0 Å². The predicted molar refractivity (Wildman–Crippen MR) is 116 cm³/mol. The molecule has 2 heterocycles. The molecule has 0 radical (unpaired) electrons. The maximum absolute atomic E-state index is 12.8. The van der Waals surface area contributed by atoms with Gasteiger partial charge in [-0.15, -0.1) is 10.2 Å². The molecular formula is C22H21BrN4O2. The number of amides is 1. The first kappa shape index (κ1) is 19.4. The van der Waals surface area contributed by atoms with Gasteiger partial charge in [-0.1, -0.05) is 24.3 Å². The van der Waals surface area contributed by atoms with E-state index in [1.807, 2.05) is 65.6 Å². The molecule has 0 atom stereocenters. The quantitative estimate of drug-likeness (QED) is 0.600. The minimum atomic E-state index is 0.0507. The van der Waals surface area contributed by atoms with E-state index in [4.69, 9.17) is 4.74 Å². The minimum absolute atomic E-state index is 0.0507. The number of rotatable bonds is 4. The van der Waals surface area contributed by atoms with Crippen LogP contribution >= 0.6 is 15.9 Å². The van der Waals surface area contributed by atoms with E-state index in [-0.39, 0.29) is 5.91 Å². The number of hydrogen-bond donors (Lipinski definition) is 0. The molecule has 1 aliphatic rings. The van der Waals surface area contributed by atoms with Gasteiger partial charge in [0, 0.05) is 36.2 Å². The van der Waals surface area contributed by atoms with Gasteiger partial charge in [0.2, 0.25) is 0 Å². The van der Waals surface area contributed by atoms with E-state index in [1.54, 1.807) is 7.11 Å². The molecule has 7 heteroatoms. The van der Waals surface area contributed by atoms with Crippen LogP contribution in [0.15, 0.2) is 65.1 Å². The molecule has 4 rings (SSSR count). The maximum Gasteiger partial charge on any atom is 0.255 e. The average Bonchev–Trinajstić information content (AvgIpc) is 2.79. The number of methoxy groups -OCH3 is 1. The minimum Gasteiger partial charge on any atom is -0.496 e. The molecule has 0 N–H and O–H groups in total. The number of carbonyl (C=O) groups excluding carboxylic acids is 1. The molecule has 0 bridgehead atoms. The van der Waals surface area contributed by atoms with Gasteiger partial charge in [-0.2, -0.15) is 0 Å². The lowest BCUT2D eigenvalue weighted by molar-refractivity contribution is 0.0745. The summed E-state index contributed by atoms with van der Waals surface area (Å²) in [5.41, 5.74) is 2.38. The van der Waals surface area contributed by atoms with Crippen LogP contribution in [0.25, 0.3) is 11.3 Å². The zero-order valence-corrected chi connectivity index (χ0v) is 17.7. The molecule has 1 saturated heterocycles. The Morgan fingerprint density at radius 2 is 1.66 bits per heavy atom. The van der Waals surface area contributed by atoms with E-state index >= 15 is 0 Å². The number of para-hydroxylation sites is 1. The monoisotopic (exact) mass is 452 g/mol. The van der Waals surface area contributed by atoms with Gasteiger partial charge in [-0.05, 0) is 52.3 Å². The third-order valence-electron chi connectivity index (χ3n) is 5.03. The Hall–Kier alpha value is -2.93. The third-order valence-corrected chi connectivity index (χ3v) is 5.72. The summed E-state index contributed by atoms with van der Waals surface area (Å²) in [5.74, 6) is 1.64. The van der Waals surface area contributed by atoms with E-state index in [9.17, 15) is 4.79 Å². The van der Waals surface area contributed by atoms with Crippen molar-refractivity contribution in [3.63, 3.8) is 0 Å². The molecule has 6 nitrogen and oxygen atoms in total. The molecular weight excluding hydrogens is 432 g/mol. The zero-order chi connectivity index (χ0) is 20.2. The fourth-order valence-electron chi connectivity index (χ4n) is 3.44. The van der Waals surface area contributed by atoms with Crippen LogP contribution in [0, 0.1) is 0 Å². The number of aromatic nitrogens is 2. The number of piperazine rings is 1. The second kappa shape index (κ2) is 8.61. The van der Waals surface area contributed by atoms with Gasteiger partial charge in [0.15, 0.2) is 5.82 Å². The van der Waals surface area contributed by atoms with Crippen LogP contribution < -0.4 is 9.64 Å². The van der Waals surface area contributed by atoms with Crippen LogP contribution in [0.2, 0.25) is 0 Å². The average molecular weight is 453 g/mol. The third kappa shape index (κ3) is 4.10. The summed E-state index contributed by atoms with van der Waals surface area (Å²) in [4.78, 5) is 16.8.